The van der Waals surface area contributed by atoms with Crippen molar-refractivity contribution in [2.45, 2.75) is 3.98 Å². The standard InChI is InChI=1S/C14H9Cl3O3/c15-14(16,17)20-12-7-3-10(4-8-12)13(19)9-1-5-11(18)6-2-9/h1-8,18H. The number of rotatable bonds is 3. The highest BCUT2D eigenvalue weighted by molar-refractivity contribution is 6.66. The van der Waals surface area contributed by atoms with Gasteiger partial charge in [-0.05, 0) is 83.3 Å². The van der Waals surface area contributed by atoms with Crippen molar-refractivity contribution >= 4 is 40.6 Å². The maximum atomic E-state index is 12.2. The molecule has 2 aromatic rings. The maximum Gasteiger partial charge on any atom is 0.338 e. The van der Waals surface area contributed by atoms with Gasteiger partial charge in [0.25, 0.3) is 0 Å². The van der Waals surface area contributed by atoms with Crippen LogP contribution in [0, 0.1) is 0 Å². The van der Waals surface area contributed by atoms with Crippen molar-refractivity contribution < 1.29 is 14.6 Å². The highest BCUT2D eigenvalue weighted by Crippen LogP contribution is 2.30. The van der Waals surface area contributed by atoms with Gasteiger partial charge in [0.1, 0.15) is 11.5 Å². The monoisotopic (exact) mass is 330 g/mol. The van der Waals surface area contributed by atoms with Gasteiger partial charge >= 0.3 is 3.98 Å². The molecule has 0 fully saturated rings. The van der Waals surface area contributed by atoms with Gasteiger partial charge in [-0.15, -0.1) is 0 Å². The number of aromatic hydroxyl groups is 1. The number of carbonyl (C=O) groups excluding carboxylic acids is 1. The smallest absolute Gasteiger partial charge is 0.338 e. The van der Waals surface area contributed by atoms with Gasteiger partial charge in [-0.2, -0.15) is 0 Å². The Morgan fingerprint density at radius 3 is 1.80 bits per heavy atom. The molecule has 0 amide bonds. The van der Waals surface area contributed by atoms with Crippen LogP contribution in [0.15, 0.2) is 48.5 Å². The van der Waals surface area contributed by atoms with Gasteiger partial charge in [-0.1, -0.05) is 0 Å². The second-order valence-corrected chi connectivity index (χ2v) is 6.13. The van der Waals surface area contributed by atoms with Crippen molar-refractivity contribution in [2.75, 3.05) is 0 Å². The van der Waals surface area contributed by atoms with Crippen LogP contribution in [0.5, 0.6) is 11.5 Å². The van der Waals surface area contributed by atoms with E-state index in [-0.39, 0.29) is 11.5 Å². The van der Waals surface area contributed by atoms with E-state index in [1.54, 1.807) is 24.3 Å². The Labute approximate surface area is 130 Å². The number of phenolic OH excluding ortho intramolecular Hbond substituents is 1. The van der Waals surface area contributed by atoms with E-state index in [9.17, 15) is 9.90 Å². The average molecular weight is 332 g/mol. The minimum Gasteiger partial charge on any atom is -0.508 e. The van der Waals surface area contributed by atoms with Gasteiger partial charge in [0.05, 0.1) is 0 Å². The molecule has 2 aromatic carbocycles. The van der Waals surface area contributed by atoms with Gasteiger partial charge in [-0.25, -0.2) is 0 Å². The van der Waals surface area contributed by atoms with Gasteiger partial charge in [-0.3, -0.25) is 4.79 Å². The molecule has 0 saturated heterocycles. The molecule has 1 N–H and O–H groups in total. The minimum absolute atomic E-state index is 0.105. The highest BCUT2D eigenvalue weighted by Gasteiger charge is 2.21. The molecule has 3 nitrogen and oxygen atoms in total. The molecule has 0 bridgehead atoms. The summed E-state index contributed by atoms with van der Waals surface area (Å²) < 4.78 is 3.17. The van der Waals surface area contributed by atoms with Crippen molar-refractivity contribution in [3.63, 3.8) is 0 Å². The minimum atomic E-state index is -1.84. The fraction of sp³-hybridized carbons (Fsp3) is 0.0714. The van der Waals surface area contributed by atoms with Crippen molar-refractivity contribution in [3.05, 3.63) is 59.7 Å². The summed E-state index contributed by atoms with van der Waals surface area (Å²) in [5, 5.41) is 9.19. The number of benzene rings is 2. The third kappa shape index (κ3) is 4.04. The molecule has 0 heterocycles. The molecule has 0 aliphatic carbocycles. The zero-order valence-corrected chi connectivity index (χ0v) is 12.3. The molecule has 0 aliphatic heterocycles. The van der Waals surface area contributed by atoms with Crippen LogP contribution in [-0.2, 0) is 0 Å². The summed E-state index contributed by atoms with van der Waals surface area (Å²) in [7, 11) is 0. The van der Waals surface area contributed by atoms with Crippen LogP contribution in [0.2, 0.25) is 0 Å². The molecule has 0 saturated carbocycles. The Morgan fingerprint density at radius 2 is 1.35 bits per heavy atom. The number of carbonyl (C=O) groups is 1. The normalized spacial score (nSPS) is 11.2. The molecule has 0 radical (unpaired) electrons. The van der Waals surface area contributed by atoms with E-state index in [0.717, 1.165) is 0 Å². The van der Waals surface area contributed by atoms with E-state index >= 15 is 0 Å². The molecule has 0 spiro atoms. The van der Waals surface area contributed by atoms with E-state index in [0.29, 0.717) is 16.9 Å². The van der Waals surface area contributed by atoms with Gasteiger partial charge in [0, 0.05) is 11.1 Å². The summed E-state index contributed by atoms with van der Waals surface area (Å²) in [5.74, 6) is 0.269. The van der Waals surface area contributed by atoms with Gasteiger partial charge in [0.15, 0.2) is 5.78 Å². The number of hydrogen-bond acceptors (Lipinski definition) is 3. The third-order valence-corrected chi connectivity index (χ3v) is 2.71. The summed E-state index contributed by atoms with van der Waals surface area (Å²) in [6.07, 6.45) is 0. The Morgan fingerprint density at radius 1 is 0.900 bits per heavy atom. The first-order valence-electron chi connectivity index (χ1n) is 5.55. The first kappa shape index (κ1) is 15.0. The zero-order chi connectivity index (χ0) is 14.8. The number of ether oxygens (including phenoxy) is 1. The van der Waals surface area contributed by atoms with Crippen LogP contribution in [0.1, 0.15) is 15.9 Å². The Balaban J connectivity index is 2.17. The van der Waals surface area contributed by atoms with Crippen molar-refractivity contribution in [2.24, 2.45) is 0 Å². The second kappa shape index (κ2) is 5.92. The lowest BCUT2D eigenvalue weighted by atomic mass is 10.0. The molecule has 6 heteroatoms. The van der Waals surface area contributed by atoms with Crippen LogP contribution in [0.25, 0.3) is 0 Å². The SMILES string of the molecule is O=C(c1ccc(O)cc1)c1ccc(OC(Cl)(Cl)Cl)cc1. The topological polar surface area (TPSA) is 46.5 Å². The van der Waals surface area contributed by atoms with Gasteiger partial charge < -0.3 is 9.84 Å². The first-order chi connectivity index (χ1) is 9.35. The van der Waals surface area contributed by atoms with Crippen molar-refractivity contribution in [3.8, 4) is 11.5 Å². The summed E-state index contributed by atoms with van der Waals surface area (Å²) in [4.78, 5) is 12.2. The largest absolute Gasteiger partial charge is 0.508 e. The average Bonchev–Trinajstić information content (AvgIpc) is 2.38. The molecule has 0 aliphatic rings. The fourth-order valence-electron chi connectivity index (χ4n) is 1.59. The lowest BCUT2D eigenvalue weighted by Crippen LogP contribution is -2.12. The van der Waals surface area contributed by atoms with E-state index in [1.807, 2.05) is 0 Å². The third-order valence-electron chi connectivity index (χ3n) is 2.48. The summed E-state index contributed by atoms with van der Waals surface area (Å²) in [5.41, 5.74) is 0.935. The maximum absolute atomic E-state index is 12.2. The molecular weight excluding hydrogens is 323 g/mol. The van der Waals surface area contributed by atoms with Crippen LogP contribution >= 0.6 is 34.8 Å². The van der Waals surface area contributed by atoms with E-state index in [2.05, 4.69) is 0 Å². The Kier molecular flexibility index (Phi) is 4.43. The molecule has 2 rings (SSSR count). The molecule has 104 valence electrons. The molecular formula is C14H9Cl3O3. The first-order valence-corrected chi connectivity index (χ1v) is 6.68. The number of alkyl halides is 3. The molecule has 0 atom stereocenters. The highest BCUT2D eigenvalue weighted by atomic mass is 35.6. The zero-order valence-electron chi connectivity index (χ0n) is 10.0. The van der Waals surface area contributed by atoms with Crippen LogP contribution in [0.4, 0.5) is 0 Å². The predicted octanol–water partition coefficient (Wildman–Crippen LogP) is 4.33. The lowest BCUT2D eigenvalue weighted by Gasteiger charge is -2.13. The quantitative estimate of drug-likeness (QED) is 0.672. The number of halogens is 3. The van der Waals surface area contributed by atoms with E-state index < -0.39 is 3.98 Å². The molecule has 0 unspecified atom stereocenters. The second-order valence-electron chi connectivity index (χ2n) is 3.95. The summed E-state index contributed by atoms with van der Waals surface area (Å²) >= 11 is 16.5. The predicted molar refractivity (Wildman–Crippen MR) is 78.9 cm³/mol. The summed E-state index contributed by atoms with van der Waals surface area (Å²) in [6.45, 7) is 0. The van der Waals surface area contributed by atoms with Crippen molar-refractivity contribution in [1.82, 2.24) is 0 Å². The Hall–Kier alpha value is -1.42. The van der Waals surface area contributed by atoms with Gasteiger partial charge in [0.2, 0.25) is 0 Å². The molecule has 20 heavy (non-hydrogen) atoms. The van der Waals surface area contributed by atoms with E-state index in [4.69, 9.17) is 39.5 Å². The van der Waals surface area contributed by atoms with E-state index in [1.165, 1.54) is 24.3 Å². The Bertz CT molecular complexity index is 601. The van der Waals surface area contributed by atoms with Crippen molar-refractivity contribution in [1.29, 1.82) is 0 Å². The molecule has 0 aromatic heterocycles. The number of ketones is 1. The van der Waals surface area contributed by atoms with Crippen LogP contribution in [-0.4, -0.2) is 14.9 Å². The number of hydrogen-bond donors (Lipinski definition) is 1. The van der Waals surface area contributed by atoms with Crippen LogP contribution < -0.4 is 4.74 Å². The summed E-state index contributed by atoms with van der Waals surface area (Å²) in [6, 6.07) is 12.2. The lowest BCUT2D eigenvalue weighted by molar-refractivity contribution is 0.103. The fourth-order valence-corrected chi connectivity index (χ4v) is 1.85. The van der Waals surface area contributed by atoms with Crippen LogP contribution in [0.3, 0.4) is 0 Å². The number of phenols is 1.